The van der Waals surface area contributed by atoms with Crippen molar-refractivity contribution < 1.29 is 18.1 Å². The van der Waals surface area contributed by atoms with Crippen LogP contribution in [0.15, 0.2) is 47.4 Å². The van der Waals surface area contributed by atoms with Crippen molar-refractivity contribution in [2.75, 3.05) is 7.05 Å². The predicted octanol–water partition coefficient (Wildman–Crippen LogP) is 2.86. The molecule has 0 fully saturated rings. The summed E-state index contributed by atoms with van der Waals surface area (Å²) in [4.78, 5) is 23.5. The van der Waals surface area contributed by atoms with Crippen molar-refractivity contribution in [1.82, 2.24) is 9.47 Å². The Morgan fingerprint density at radius 2 is 1.79 bits per heavy atom. The lowest BCUT2D eigenvalue weighted by molar-refractivity contribution is -0.385. The van der Waals surface area contributed by atoms with Crippen molar-refractivity contribution in [1.29, 1.82) is 0 Å². The molecule has 0 aliphatic carbocycles. The highest BCUT2D eigenvalue weighted by Crippen LogP contribution is 2.29. The normalized spacial score (nSPS) is 11.7. The molecule has 2 aromatic rings. The van der Waals surface area contributed by atoms with Crippen LogP contribution in [0, 0.1) is 10.1 Å². The summed E-state index contributed by atoms with van der Waals surface area (Å²) in [7, 11) is 1.66. The second-order valence-electron chi connectivity index (χ2n) is 5.30. The predicted molar refractivity (Wildman–Crippen MR) is 80.3 cm³/mol. The SMILES string of the molecule is CN(Cc1ccc(C(F)(F)F)cc1)Cn1cc([N+](=O)[O-])ccc1=O. The lowest BCUT2D eigenvalue weighted by Crippen LogP contribution is -2.29. The Bertz CT molecular complexity index is 785. The molecule has 1 heterocycles. The lowest BCUT2D eigenvalue weighted by atomic mass is 10.1. The van der Waals surface area contributed by atoms with Crippen molar-refractivity contribution in [2.24, 2.45) is 0 Å². The number of nitrogens with zero attached hydrogens (tertiary/aromatic N) is 3. The quantitative estimate of drug-likeness (QED) is 0.619. The molecule has 1 aromatic carbocycles. The summed E-state index contributed by atoms with van der Waals surface area (Å²) >= 11 is 0. The van der Waals surface area contributed by atoms with Gasteiger partial charge >= 0.3 is 6.18 Å². The number of alkyl halides is 3. The van der Waals surface area contributed by atoms with Gasteiger partial charge in [0.25, 0.3) is 11.2 Å². The zero-order valence-electron chi connectivity index (χ0n) is 12.7. The Labute approximate surface area is 134 Å². The summed E-state index contributed by atoms with van der Waals surface area (Å²) in [5, 5.41) is 10.7. The molecule has 0 saturated carbocycles. The minimum atomic E-state index is -4.39. The van der Waals surface area contributed by atoms with Crippen LogP contribution in [0.3, 0.4) is 0 Å². The van der Waals surface area contributed by atoms with Gasteiger partial charge in [-0.05, 0) is 24.7 Å². The Morgan fingerprint density at radius 3 is 2.33 bits per heavy atom. The highest BCUT2D eigenvalue weighted by atomic mass is 19.4. The molecule has 0 N–H and O–H groups in total. The number of benzene rings is 1. The summed E-state index contributed by atoms with van der Waals surface area (Å²) in [6.45, 7) is 0.356. The third-order valence-electron chi connectivity index (χ3n) is 3.31. The van der Waals surface area contributed by atoms with Gasteiger partial charge in [-0.15, -0.1) is 0 Å². The Hall–Kier alpha value is -2.68. The summed E-state index contributed by atoms with van der Waals surface area (Å²) in [5.41, 5.74) is -0.717. The molecule has 24 heavy (non-hydrogen) atoms. The van der Waals surface area contributed by atoms with Gasteiger partial charge < -0.3 is 0 Å². The van der Waals surface area contributed by atoms with Crippen LogP contribution in [0.5, 0.6) is 0 Å². The molecule has 0 bridgehead atoms. The van der Waals surface area contributed by atoms with Crippen LogP contribution in [0.1, 0.15) is 11.1 Å². The van der Waals surface area contributed by atoms with Crippen LogP contribution in [-0.2, 0) is 19.4 Å². The first kappa shape index (κ1) is 17.7. The van der Waals surface area contributed by atoms with E-state index in [-0.39, 0.29) is 18.9 Å². The molecule has 0 aliphatic rings. The number of nitro groups is 1. The van der Waals surface area contributed by atoms with Crippen molar-refractivity contribution in [3.05, 3.63) is 74.2 Å². The van der Waals surface area contributed by atoms with Crippen LogP contribution in [0.4, 0.5) is 18.9 Å². The fourth-order valence-corrected chi connectivity index (χ4v) is 2.16. The number of hydrogen-bond donors (Lipinski definition) is 0. The number of pyridine rings is 1. The van der Waals surface area contributed by atoms with Gasteiger partial charge in [-0.3, -0.25) is 24.4 Å². The van der Waals surface area contributed by atoms with Crippen molar-refractivity contribution in [2.45, 2.75) is 19.4 Å². The van der Waals surface area contributed by atoms with Gasteiger partial charge in [0.2, 0.25) is 0 Å². The maximum Gasteiger partial charge on any atom is 0.416 e. The summed E-state index contributed by atoms with van der Waals surface area (Å²) < 4.78 is 38.7. The zero-order chi connectivity index (χ0) is 17.9. The van der Waals surface area contributed by atoms with Crippen molar-refractivity contribution >= 4 is 5.69 Å². The summed E-state index contributed by atoms with van der Waals surface area (Å²) in [6.07, 6.45) is -3.26. The molecular weight excluding hydrogens is 327 g/mol. The van der Waals surface area contributed by atoms with E-state index in [2.05, 4.69) is 0 Å². The average molecular weight is 341 g/mol. The van der Waals surface area contributed by atoms with Crippen molar-refractivity contribution in [3.63, 3.8) is 0 Å². The molecule has 0 atom stereocenters. The van der Waals surface area contributed by atoms with E-state index in [4.69, 9.17) is 0 Å². The second-order valence-corrected chi connectivity index (χ2v) is 5.30. The minimum Gasteiger partial charge on any atom is -0.295 e. The Kier molecular flexibility index (Phi) is 5.03. The molecule has 0 unspecified atom stereocenters. The molecular formula is C15H14F3N3O3. The van der Waals surface area contributed by atoms with Gasteiger partial charge in [0.1, 0.15) is 0 Å². The van der Waals surface area contributed by atoms with Crippen LogP contribution < -0.4 is 5.56 Å². The zero-order valence-corrected chi connectivity index (χ0v) is 12.7. The van der Waals surface area contributed by atoms with Crippen molar-refractivity contribution in [3.8, 4) is 0 Å². The van der Waals surface area contributed by atoms with Gasteiger partial charge in [0.05, 0.1) is 23.4 Å². The van der Waals surface area contributed by atoms with E-state index in [0.717, 1.165) is 30.5 Å². The fraction of sp³-hybridized carbons (Fsp3) is 0.267. The largest absolute Gasteiger partial charge is 0.416 e. The monoisotopic (exact) mass is 341 g/mol. The molecule has 6 nitrogen and oxygen atoms in total. The Balaban J connectivity index is 2.08. The maximum atomic E-state index is 12.5. The van der Waals surface area contributed by atoms with Crippen LogP contribution in [0.2, 0.25) is 0 Å². The Morgan fingerprint density at radius 1 is 1.17 bits per heavy atom. The van der Waals surface area contributed by atoms with Gasteiger partial charge in [0, 0.05) is 18.7 Å². The molecule has 0 aliphatic heterocycles. The number of halogens is 3. The van der Waals surface area contributed by atoms with Gasteiger partial charge in [-0.2, -0.15) is 13.2 Å². The second kappa shape index (κ2) is 6.83. The minimum absolute atomic E-state index is 0.0710. The topological polar surface area (TPSA) is 68.4 Å². The van der Waals surface area contributed by atoms with Gasteiger partial charge in [-0.1, -0.05) is 12.1 Å². The van der Waals surface area contributed by atoms with Crippen LogP contribution >= 0.6 is 0 Å². The number of rotatable bonds is 5. The number of aromatic nitrogens is 1. The van der Waals surface area contributed by atoms with Gasteiger partial charge in [0.15, 0.2) is 0 Å². The highest BCUT2D eigenvalue weighted by Gasteiger charge is 2.29. The first-order valence-corrected chi connectivity index (χ1v) is 6.86. The smallest absolute Gasteiger partial charge is 0.295 e. The van der Waals surface area contributed by atoms with E-state index >= 15 is 0 Å². The highest BCUT2D eigenvalue weighted by molar-refractivity contribution is 5.25. The molecule has 0 radical (unpaired) electrons. The fourth-order valence-electron chi connectivity index (χ4n) is 2.16. The van der Waals surface area contributed by atoms with E-state index in [1.165, 1.54) is 16.7 Å². The first-order valence-electron chi connectivity index (χ1n) is 6.86. The van der Waals surface area contributed by atoms with E-state index in [9.17, 15) is 28.1 Å². The first-order chi connectivity index (χ1) is 11.2. The van der Waals surface area contributed by atoms with Crippen LogP contribution in [0.25, 0.3) is 0 Å². The van der Waals surface area contributed by atoms with E-state index in [0.29, 0.717) is 5.56 Å². The molecule has 1 aromatic heterocycles. The van der Waals surface area contributed by atoms with E-state index in [1.54, 1.807) is 11.9 Å². The standard InChI is InChI=1S/C15H14F3N3O3/c1-19(8-11-2-4-12(5-3-11)15(16,17)18)10-20-9-13(21(23)24)6-7-14(20)22/h2-7,9H,8,10H2,1H3. The van der Waals surface area contributed by atoms with E-state index in [1.807, 2.05) is 0 Å². The maximum absolute atomic E-state index is 12.5. The summed E-state index contributed by atoms with van der Waals surface area (Å²) in [5.74, 6) is 0. The summed E-state index contributed by atoms with van der Waals surface area (Å²) in [6, 6.07) is 6.91. The molecule has 0 saturated heterocycles. The molecule has 0 amide bonds. The lowest BCUT2D eigenvalue weighted by Gasteiger charge is -2.18. The third-order valence-corrected chi connectivity index (χ3v) is 3.31. The van der Waals surface area contributed by atoms with Crippen LogP contribution in [-0.4, -0.2) is 21.4 Å². The molecule has 2 rings (SSSR count). The molecule has 0 spiro atoms. The average Bonchev–Trinajstić information content (AvgIpc) is 2.48. The number of hydrogen-bond acceptors (Lipinski definition) is 4. The van der Waals surface area contributed by atoms with Gasteiger partial charge in [-0.25, -0.2) is 0 Å². The van der Waals surface area contributed by atoms with E-state index < -0.39 is 22.2 Å². The molecule has 9 heteroatoms. The molecule has 128 valence electrons. The third kappa shape index (κ3) is 4.42.